The van der Waals surface area contributed by atoms with Gasteiger partial charge in [-0.2, -0.15) is 0 Å². The van der Waals surface area contributed by atoms with Crippen LogP contribution in [-0.4, -0.2) is 6.04 Å². The van der Waals surface area contributed by atoms with Crippen molar-refractivity contribution in [1.82, 2.24) is 5.32 Å². The molecule has 1 atom stereocenters. The summed E-state index contributed by atoms with van der Waals surface area (Å²) in [5, 5.41) is 5.24. The zero-order valence-corrected chi connectivity index (χ0v) is 12.0. The van der Waals surface area contributed by atoms with Crippen molar-refractivity contribution in [3.63, 3.8) is 0 Å². The normalized spacial score (nSPS) is 17.2. The van der Waals surface area contributed by atoms with E-state index in [4.69, 9.17) is 34.8 Å². The molecular formula is C13H16Cl3N. The Hall–Kier alpha value is 0.0500. The smallest absolute Gasteiger partial charge is 0.0652 e. The highest BCUT2D eigenvalue weighted by Gasteiger charge is 2.23. The van der Waals surface area contributed by atoms with Crippen molar-refractivity contribution in [1.29, 1.82) is 0 Å². The lowest BCUT2D eigenvalue weighted by Gasteiger charge is -2.15. The van der Waals surface area contributed by atoms with E-state index in [1.165, 1.54) is 19.3 Å². The second-order valence-electron chi connectivity index (χ2n) is 4.78. The molecule has 0 aromatic heterocycles. The van der Waals surface area contributed by atoms with Crippen molar-refractivity contribution in [3.05, 3.63) is 32.8 Å². The van der Waals surface area contributed by atoms with Crippen molar-refractivity contribution in [2.75, 3.05) is 0 Å². The van der Waals surface area contributed by atoms with Crippen LogP contribution in [-0.2, 0) is 6.54 Å². The summed E-state index contributed by atoms with van der Waals surface area (Å²) >= 11 is 18.2. The first kappa shape index (κ1) is 13.5. The van der Waals surface area contributed by atoms with Crippen LogP contribution >= 0.6 is 34.8 Å². The predicted molar refractivity (Wildman–Crippen MR) is 75.1 cm³/mol. The summed E-state index contributed by atoms with van der Waals surface area (Å²) in [6.45, 7) is 2.87. The molecule has 1 fully saturated rings. The third-order valence-electron chi connectivity index (χ3n) is 3.15. The summed E-state index contributed by atoms with van der Waals surface area (Å²) in [7, 11) is 0. The predicted octanol–water partition coefficient (Wildman–Crippen LogP) is 4.93. The van der Waals surface area contributed by atoms with Crippen LogP contribution < -0.4 is 5.32 Å². The quantitative estimate of drug-likeness (QED) is 0.759. The van der Waals surface area contributed by atoms with Crippen molar-refractivity contribution in [2.24, 2.45) is 5.92 Å². The van der Waals surface area contributed by atoms with Gasteiger partial charge in [0.05, 0.1) is 10.0 Å². The molecule has 1 N–H and O–H groups in total. The molecule has 94 valence electrons. The van der Waals surface area contributed by atoms with Gasteiger partial charge in [0.1, 0.15) is 0 Å². The van der Waals surface area contributed by atoms with E-state index in [9.17, 15) is 0 Å². The van der Waals surface area contributed by atoms with E-state index < -0.39 is 0 Å². The van der Waals surface area contributed by atoms with E-state index in [2.05, 4.69) is 12.2 Å². The Balaban J connectivity index is 1.95. The van der Waals surface area contributed by atoms with E-state index in [-0.39, 0.29) is 0 Å². The third kappa shape index (κ3) is 3.75. The minimum Gasteiger partial charge on any atom is -0.310 e. The second-order valence-corrected chi connectivity index (χ2v) is 5.98. The van der Waals surface area contributed by atoms with E-state index in [0.29, 0.717) is 27.7 Å². The number of halogens is 3. The van der Waals surface area contributed by atoms with Gasteiger partial charge in [0.15, 0.2) is 0 Å². The average Bonchev–Trinajstić information content (AvgIpc) is 3.07. The van der Waals surface area contributed by atoms with Gasteiger partial charge in [0.25, 0.3) is 0 Å². The van der Waals surface area contributed by atoms with Crippen LogP contribution in [0.4, 0.5) is 0 Å². The van der Waals surface area contributed by atoms with Crippen LogP contribution in [0.5, 0.6) is 0 Å². The van der Waals surface area contributed by atoms with Gasteiger partial charge >= 0.3 is 0 Å². The Morgan fingerprint density at radius 2 is 1.88 bits per heavy atom. The summed E-state index contributed by atoms with van der Waals surface area (Å²) in [6.07, 6.45) is 3.99. The zero-order chi connectivity index (χ0) is 12.4. The molecule has 0 radical (unpaired) electrons. The third-order valence-corrected chi connectivity index (χ3v) is 4.35. The maximum atomic E-state index is 6.14. The highest BCUT2D eigenvalue weighted by Crippen LogP contribution is 2.34. The van der Waals surface area contributed by atoms with Gasteiger partial charge in [-0.3, -0.25) is 0 Å². The first-order chi connectivity index (χ1) is 8.08. The molecule has 0 spiro atoms. The first-order valence-corrected chi connectivity index (χ1v) is 7.07. The molecule has 1 aliphatic carbocycles. The lowest BCUT2D eigenvalue weighted by atomic mass is 10.1. The number of rotatable bonds is 5. The Labute approximate surface area is 117 Å². The fraction of sp³-hybridized carbons (Fsp3) is 0.538. The molecule has 1 saturated carbocycles. The maximum absolute atomic E-state index is 6.14. The highest BCUT2D eigenvalue weighted by molar-refractivity contribution is 6.44. The number of benzene rings is 1. The van der Waals surface area contributed by atoms with Crippen molar-refractivity contribution >= 4 is 34.8 Å². The molecule has 1 aliphatic rings. The van der Waals surface area contributed by atoms with Gasteiger partial charge in [-0.05, 0) is 31.4 Å². The largest absolute Gasteiger partial charge is 0.310 e. The summed E-state index contributed by atoms with van der Waals surface area (Å²) in [6, 6.07) is 4.01. The monoisotopic (exact) mass is 291 g/mol. The summed E-state index contributed by atoms with van der Waals surface area (Å²) in [5.74, 6) is 0.919. The van der Waals surface area contributed by atoms with Gasteiger partial charge in [0, 0.05) is 23.2 Å². The van der Waals surface area contributed by atoms with Crippen molar-refractivity contribution < 1.29 is 0 Å². The second kappa shape index (κ2) is 5.79. The van der Waals surface area contributed by atoms with E-state index in [0.717, 1.165) is 11.5 Å². The minimum atomic E-state index is 0.494. The molecule has 0 heterocycles. The standard InChI is InChI=1S/C13H16Cl3N/c1-8(6-9-2-3-9)17-7-10-11(14)4-5-12(15)13(10)16/h4-5,8-9,17H,2-3,6-7H2,1H3. The number of hydrogen-bond donors (Lipinski definition) is 1. The van der Waals surface area contributed by atoms with Crippen LogP contribution in [0, 0.1) is 5.92 Å². The molecule has 0 saturated heterocycles. The molecule has 2 rings (SSSR count). The molecular weight excluding hydrogens is 277 g/mol. The lowest BCUT2D eigenvalue weighted by molar-refractivity contribution is 0.487. The fourth-order valence-corrected chi connectivity index (χ4v) is 2.63. The van der Waals surface area contributed by atoms with Gasteiger partial charge in [-0.25, -0.2) is 0 Å². The molecule has 1 unspecified atom stereocenters. The number of nitrogens with one attached hydrogen (secondary N) is 1. The van der Waals surface area contributed by atoms with Gasteiger partial charge in [-0.1, -0.05) is 47.6 Å². The van der Waals surface area contributed by atoms with Crippen molar-refractivity contribution in [3.8, 4) is 0 Å². The Bertz CT molecular complexity index is 402. The zero-order valence-electron chi connectivity index (χ0n) is 9.77. The molecule has 4 heteroatoms. The topological polar surface area (TPSA) is 12.0 Å². The molecule has 0 aliphatic heterocycles. The minimum absolute atomic E-state index is 0.494. The van der Waals surface area contributed by atoms with Crippen LogP contribution in [0.15, 0.2) is 12.1 Å². The average molecular weight is 293 g/mol. The van der Waals surface area contributed by atoms with E-state index in [1.807, 2.05) is 0 Å². The molecule has 1 nitrogen and oxygen atoms in total. The molecule has 1 aromatic rings. The van der Waals surface area contributed by atoms with Gasteiger partial charge < -0.3 is 5.32 Å². The SMILES string of the molecule is CC(CC1CC1)NCc1c(Cl)ccc(Cl)c1Cl. The van der Waals surface area contributed by atoms with Crippen LogP contribution in [0.3, 0.4) is 0 Å². The maximum Gasteiger partial charge on any atom is 0.0652 e. The van der Waals surface area contributed by atoms with Crippen LogP contribution in [0.1, 0.15) is 31.7 Å². The summed E-state index contributed by atoms with van der Waals surface area (Å²) < 4.78 is 0. The summed E-state index contributed by atoms with van der Waals surface area (Å²) in [5.41, 5.74) is 0.892. The van der Waals surface area contributed by atoms with Crippen LogP contribution in [0.2, 0.25) is 15.1 Å². The summed E-state index contributed by atoms with van der Waals surface area (Å²) in [4.78, 5) is 0. The first-order valence-electron chi connectivity index (χ1n) is 5.93. The van der Waals surface area contributed by atoms with E-state index >= 15 is 0 Å². The highest BCUT2D eigenvalue weighted by atomic mass is 35.5. The van der Waals surface area contributed by atoms with Gasteiger partial charge in [-0.15, -0.1) is 0 Å². The molecule has 1 aromatic carbocycles. The fourth-order valence-electron chi connectivity index (χ4n) is 1.94. The Morgan fingerprint density at radius 1 is 1.24 bits per heavy atom. The Morgan fingerprint density at radius 3 is 2.53 bits per heavy atom. The van der Waals surface area contributed by atoms with E-state index in [1.54, 1.807) is 12.1 Å². The van der Waals surface area contributed by atoms with Crippen LogP contribution in [0.25, 0.3) is 0 Å². The number of hydrogen-bond acceptors (Lipinski definition) is 1. The molecule has 0 amide bonds. The molecule has 17 heavy (non-hydrogen) atoms. The lowest BCUT2D eigenvalue weighted by Crippen LogP contribution is -2.26. The molecule has 0 bridgehead atoms. The van der Waals surface area contributed by atoms with Crippen molar-refractivity contribution in [2.45, 2.75) is 38.8 Å². The van der Waals surface area contributed by atoms with Gasteiger partial charge in [0.2, 0.25) is 0 Å². The Kier molecular flexibility index (Phi) is 4.59.